The van der Waals surface area contributed by atoms with Crippen molar-refractivity contribution in [1.29, 1.82) is 0 Å². The molecule has 0 aliphatic heterocycles. The number of carboxylic acids is 1. The van der Waals surface area contributed by atoms with Crippen LogP contribution in [0.1, 0.15) is 16.3 Å². The Balaban J connectivity index is 2.15. The number of aromatic nitrogens is 1. The number of aryl methyl sites for hydroxylation is 1. The summed E-state index contributed by atoms with van der Waals surface area (Å²) in [5.41, 5.74) is 1.29. The Bertz CT molecular complexity index is 652. The molecule has 0 spiro atoms. The summed E-state index contributed by atoms with van der Waals surface area (Å²) >= 11 is 1.47. The van der Waals surface area contributed by atoms with E-state index in [1.54, 1.807) is 0 Å². The average Bonchev–Trinajstić information content (AvgIpc) is 2.81. The molecule has 1 aromatic heterocycles. The zero-order chi connectivity index (χ0) is 14.5. The highest BCUT2D eigenvalue weighted by atomic mass is 32.1. The van der Waals surface area contributed by atoms with Crippen LogP contribution in [0.5, 0.6) is 5.75 Å². The van der Waals surface area contributed by atoms with E-state index >= 15 is 0 Å². The van der Waals surface area contributed by atoms with Gasteiger partial charge in [-0.15, -0.1) is 11.3 Å². The Hall–Kier alpha value is -2.21. The van der Waals surface area contributed by atoms with E-state index in [-0.39, 0.29) is 6.61 Å². The predicted octanol–water partition coefficient (Wildman–Crippen LogP) is 3.27. The van der Waals surface area contributed by atoms with Gasteiger partial charge in [0.15, 0.2) is 0 Å². The standard InChI is InChI=1S/C14H12FNO3S/c1-9-8-20-13(16-9)7-19-12-4-3-11(15)6-10(12)2-5-14(17)18/h2-6,8H,7H2,1H3,(H,17,18)/b5-2+. The third kappa shape index (κ3) is 3.89. The zero-order valence-electron chi connectivity index (χ0n) is 10.7. The van der Waals surface area contributed by atoms with Gasteiger partial charge in [0.1, 0.15) is 23.2 Å². The first-order valence-corrected chi connectivity index (χ1v) is 6.67. The fourth-order valence-corrected chi connectivity index (χ4v) is 2.23. The lowest BCUT2D eigenvalue weighted by Gasteiger charge is -2.07. The molecule has 2 rings (SSSR count). The van der Waals surface area contributed by atoms with Crippen molar-refractivity contribution >= 4 is 23.4 Å². The van der Waals surface area contributed by atoms with E-state index in [4.69, 9.17) is 9.84 Å². The molecule has 0 atom stereocenters. The van der Waals surface area contributed by atoms with Gasteiger partial charge in [0.25, 0.3) is 0 Å². The highest BCUT2D eigenvalue weighted by Crippen LogP contribution is 2.23. The van der Waals surface area contributed by atoms with Gasteiger partial charge >= 0.3 is 5.97 Å². The number of hydrogen-bond acceptors (Lipinski definition) is 4. The van der Waals surface area contributed by atoms with Gasteiger partial charge in [0.05, 0.1) is 0 Å². The van der Waals surface area contributed by atoms with Crippen LogP contribution in [0, 0.1) is 12.7 Å². The van der Waals surface area contributed by atoms with E-state index < -0.39 is 11.8 Å². The van der Waals surface area contributed by atoms with Gasteiger partial charge in [-0.2, -0.15) is 0 Å². The third-order valence-corrected chi connectivity index (χ3v) is 3.34. The molecule has 0 aliphatic carbocycles. The summed E-state index contributed by atoms with van der Waals surface area (Å²) in [5.74, 6) is -1.14. The fourth-order valence-electron chi connectivity index (χ4n) is 1.55. The van der Waals surface area contributed by atoms with Crippen LogP contribution in [0.2, 0.25) is 0 Å². The van der Waals surface area contributed by atoms with Crippen LogP contribution in [0.3, 0.4) is 0 Å². The van der Waals surface area contributed by atoms with Gasteiger partial charge in [0, 0.05) is 22.7 Å². The number of hydrogen-bond donors (Lipinski definition) is 1. The number of rotatable bonds is 5. The number of carboxylic acid groups (broad SMARTS) is 1. The van der Waals surface area contributed by atoms with Gasteiger partial charge in [-0.25, -0.2) is 14.2 Å². The molecule has 1 N–H and O–H groups in total. The van der Waals surface area contributed by atoms with Crippen LogP contribution in [-0.4, -0.2) is 16.1 Å². The number of aliphatic carboxylic acids is 1. The van der Waals surface area contributed by atoms with E-state index in [1.165, 1.54) is 35.6 Å². The predicted molar refractivity (Wildman–Crippen MR) is 74.3 cm³/mol. The first kappa shape index (κ1) is 14.2. The molecular formula is C14H12FNO3S. The summed E-state index contributed by atoms with van der Waals surface area (Å²) in [5, 5.41) is 11.3. The minimum absolute atomic E-state index is 0.262. The van der Waals surface area contributed by atoms with Gasteiger partial charge in [-0.05, 0) is 31.2 Å². The smallest absolute Gasteiger partial charge is 0.328 e. The second-order valence-corrected chi connectivity index (χ2v) is 4.97. The summed E-state index contributed by atoms with van der Waals surface area (Å²) in [6, 6.07) is 3.96. The lowest BCUT2D eigenvalue weighted by molar-refractivity contribution is -0.131. The molecule has 0 saturated heterocycles. The largest absolute Gasteiger partial charge is 0.486 e. The molecule has 0 saturated carbocycles. The first-order chi connectivity index (χ1) is 9.54. The number of nitrogens with zero attached hydrogens (tertiary/aromatic N) is 1. The van der Waals surface area contributed by atoms with Gasteiger partial charge < -0.3 is 9.84 Å². The van der Waals surface area contributed by atoms with Crippen molar-refractivity contribution in [2.75, 3.05) is 0 Å². The summed E-state index contributed by atoms with van der Waals surface area (Å²) in [7, 11) is 0. The maximum Gasteiger partial charge on any atom is 0.328 e. The monoisotopic (exact) mass is 293 g/mol. The number of ether oxygens (including phenoxy) is 1. The Kier molecular flexibility index (Phi) is 4.47. The van der Waals surface area contributed by atoms with Crippen LogP contribution >= 0.6 is 11.3 Å². The molecule has 1 aromatic carbocycles. The highest BCUT2D eigenvalue weighted by Gasteiger charge is 2.06. The highest BCUT2D eigenvalue weighted by molar-refractivity contribution is 7.09. The van der Waals surface area contributed by atoms with Crippen molar-refractivity contribution in [3.05, 3.63) is 51.7 Å². The zero-order valence-corrected chi connectivity index (χ0v) is 11.5. The van der Waals surface area contributed by atoms with Crippen LogP contribution in [-0.2, 0) is 11.4 Å². The second kappa shape index (κ2) is 6.29. The Morgan fingerprint density at radius 3 is 3.00 bits per heavy atom. The lowest BCUT2D eigenvalue weighted by atomic mass is 10.2. The van der Waals surface area contributed by atoms with E-state index in [0.29, 0.717) is 11.3 Å². The summed E-state index contributed by atoms with van der Waals surface area (Å²) < 4.78 is 18.8. The van der Waals surface area contributed by atoms with Crippen LogP contribution in [0.4, 0.5) is 4.39 Å². The Morgan fingerprint density at radius 1 is 1.55 bits per heavy atom. The van der Waals surface area contributed by atoms with Crippen LogP contribution < -0.4 is 4.74 Å². The van der Waals surface area contributed by atoms with Crippen LogP contribution in [0.25, 0.3) is 6.08 Å². The molecule has 20 heavy (non-hydrogen) atoms. The maximum atomic E-state index is 13.2. The molecule has 1 heterocycles. The normalized spacial score (nSPS) is 10.9. The van der Waals surface area contributed by atoms with E-state index in [9.17, 15) is 9.18 Å². The number of halogens is 1. The number of benzene rings is 1. The van der Waals surface area contributed by atoms with Crippen molar-refractivity contribution in [2.24, 2.45) is 0 Å². The molecule has 0 aliphatic rings. The molecular weight excluding hydrogens is 281 g/mol. The molecule has 6 heteroatoms. The molecule has 0 fully saturated rings. The van der Waals surface area contributed by atoms with Crippen molar-refractivity contribution in [2.45, 2.75) is 13.5 Å². The number of carbonyl (C=O) groups is 1. The van der Waals surface area contributed by atoms with E-state index in [0.717, 1.165) is 16.8 Å². The number of thiazole rings is 1. The van der Waals surface area contributed by atoms with Crippen molar-refractivity contribution in [1.82, 2.24) is 4.98 Å². The quantitative estimate of drug-likeness (QED) is 0.860. The van der Waals surface area contributed by atoms with Gasteiger partial charge in [-0.1, -0.05) is 0 Å². The van der Waals surface area contributed by atoms with Crippen molar-refractivity contribution in [3.63, 3.8) is 0 Å². The summed E-state index contributed by atoms with van der Waals surface area (Å²) in [6.07, 6.45) is 2.24. The molecule has 0 bridgehead atoms. The molecule has 0 radical (unpaired) electrons. The van der Waals surface area contributed by atoms with Crippen molar-refractivity contribution < 1.29 is 19.0 Å². The molecule has 2 aromatic rings. The topological polar surface area (TPSA) is 59.4 Å². The van der Waals surface area contributed by atoms with E-state index in [1.807, 2.05) is 12.3 Å². The Labute approximate surface area is 119 Å². The van der Waals surface area contributed by atoms with E-state index in [2.05, 4.69) is 4.98 Å². The fraction of sp³-hybridized carbons (Fsp3) is 0.143. The SMILES string of the molecule is Cc1csc(COc2ccc(F)cc2/C=C/C(=O)O)n1. The third-order valence-electron chi connectivity index (χ3n) is 2.40. The van der Waals surface area contributed by atoms with Gasteiger partial charge in [-0.3, -0.25) is 0 Å². The van der Waals surface area contributed by atoms with Crippen LogP contribution in [0.15, 0.2) is 29.7 Å². The molecule has 0 amide bonds. The maximum absolute atomic E-state index is 13.2. The summed E-state index contributed by atoms with van der Waals surface area (Å²) in [4.78, 5) is 14.8. The Morgan fingerprint density at radius 2 is 2.35 bits per heavy atom. The first-order valence-electron chi connectivity index (χ1n) is 5.79. The molecule has 4 nitrogen and oxygen atoms in total. The second-order valence-electron chi connectivity index (χ2n) is 4.03. The lowest BCUT2D eigenvalue weighted by Crippen LogP contribution is -1.97. The van der Waals surface area contributed by atoms with Gasteiger partial charge in [0.2, 0.25) is 0 Å². The summed E-state index contributed by atoms with van der Waals surface area (Å²) in [6.45, 7) is 2.15. The molecule has 104 valence electrons. The average molecular weight is 293 g/mol. The van der Waals surface area contributed by atoms with Crippen molar-refractivity contribution in [3.8, 4) is 5.75 Å². The minimum Gasteiger partial charge on any atom is -0.486 e. The molecule has 0 unspecified atom stereocenters. The minimum atomic E-state index is -1.10.